The number of fused-ring (bicyclic) bond motifs is 3. The van der Waals surface area contributed by atoms with E-state index in [0.29, 0.717) is 19.4 Å². The summed E-state index contributed by atoms with van der Waals surface area (Å²) in [7, 11) is 1.67. The van der Waals surface area contributed by atoms with Gasteiger partial charge in [-0.15, -0.1) is 0 Å². The van der Waals surface area contributed by atoms with E-state index >= 15 is 0 Å². The zero-order valence-electron chi connectivity index (χ0n) is 13.3. The van der Waals surface area contributed by atoms with E-state index in [1.165, 1.54) is 0 Å². The molecule has 3 aromatic rings. The predicted octanol–water partition coefficient (Wildman–Crippen LogP) is 3.25. The Hall–Kier alpha value is -2.66. The van der Waals surface area contributed by atoms with Crippen molar-refractivity contribution >= 4 is 33.6 Å². The van der Waals surface area contributed by atoms with Gasteiger partial charge in [0.2, 0.25) is 11.8 Å². The van der Waals surface area contributed by atoms with Gasteiger partial charge in [-0.3, -0.25) is 14.9 Å². The predicted molar refractivity (Wildman–Crippen MR) is 89.6 cm³/mol. The number of benzene rings is 2. The molecule has 1 fully saturated rings. The van der Waals surface area contributed by atoms with Gasteiger partial charge in [0.25, 0.3) is 0 Å². The SMILES string of the molecule is COCc1cccc2c1ccc1occ([C@@H]3CCC(=O)NC3=O)c12. The average molecular weight is 323 g/mol. The quantitative estimate of drug-likeness (QED) is 0.751. The Balaban J connectivity index is 1.93. The van der Waals surface area contributed by atoms with Gasteiger partial charge in [-0.2, -0.15) is 0 Å². The molecule has 2 aromatic carbocycles. The Bertz CT molecular complexity index is 957. The molecule has 4 rings (SSSR count). The molecular weight excluding hydrogens is 306 g/mol. The van der Waals surface area contributed by atoms with Crippen LogP contribution in [0.25, 0.3) is 21.7 Å². The number of carbonyl (C=O) groups excluding carboxylic acids is 2. The highest BCUT2D eigenvalue weighted by atomic mass is 16.5. The average Bonchev–Trinajstić information content (AvgIpc) is 3.00. The number of hydrogen-bond acceptors (Lipinski definition) is 4. The molecule has 1 aliphatic heterocycles. The minimum Gasteiger partial charge on any atom is -0.464 e. The smallest absolute Gasteiger partial charge is 0.234 e. The summed E-state index contributed by atoms with van der Waals surface area (Å²) >= 11 is 0. The molecule has 0 radical (unpaired) electrons. The van der Waals surface area contributed by atoms with Gasteiger partial charge in [0.05, 0.1) is 18.8 Å². The highest BCUT2D eigenvalue weighted by Crippen LogP contribution is 2.37. The van der Waals surface area contributed by atoms with Crippen molar-refractivity contribution in [3.63, 3.8) is 0 Å². The van der Waals surface area contributed by atoms with Gasteiger partial charge in [0.1, 0.15) is 5.58 Å². The van der Waals surface area contributed by atoms with Crippen LogP contribution < -0.4 is 5.32 Å². The molecule has 0 saturated carbocycles. The van der Waals surface area contributed by atoms with Gasteiger partial charge in [-0.1, -0.05) is 24.3 Å². The topological polar surface area (TPSA) is 68.5 Å². The van der Waals surface area contributed by atoms with E-state index in [-0.39, 0.29) is 17.7 Å². The second-order valence-electron chi connectivity index (χ2n) is 6.08. The van der Waals surface area contributed by atoms with Crippen LogP contribution in [-0.4, -0.2) is 18.9 Å². The lowest BCUT2D eigenvalue weighted by Gasteiger charge is -2.20. The summed E-state index contributed by atoms with van der Waals surface area (Å²) in [6.45, 7) is 0.522. The Morgan fingerprint density at radius 1 is 1.21 bits per heavy atom. The maximum absolute atomic E-state index is 12.3. The number of carbonyl (C=O) groups is 2. The van der Waals surface area contributed by atoms with Crippen molar-refractivity contribution in [1.82, 2.24) is 5.32 Å². The van der Waals surface area contributed by atoms with Crippen LogP contribution in [-0.2, 0) is 20.9 Å². The van der Waals surface area contributed by atoms with E-state index in [0.717, 1.165) is 32.9 Å². The standard InChI is InChI=1S/C19H17NO4/c1-23-9-11-3-2-4-13-12(11)5-7-16-18(13)15(10-24-16)14-6-8-17(21)20-19(14)22/h2-5,7,10,14H,6,8-9H2,1H3,(H,20,21,22)/t14-/m0/s1. The Kier molecular flexibility index (Phi) is 3.58. The van der Waals surface area contributed by atoms with Gasteiger partial charge in [-0.05, 0) is 28.8 Å². The van der Waals surface area contributed by atoms with Crippen LogP contribution in [0.2, 0.25) is 0 Å². The first kappa shape index (κ1) is 14.9. The molecule has 2 heterocycles. The van der Waals surface area contributed by atoms with Crippen LogP contribution in [0.1, 0.15) is 29.9 Å². The molecule has 24 heavy (non-hydrogen) atoms. The number of rotatable bonds is 3. The summed E-state index contributed by atoms with van der Waals surface area (Å²) in [5.41, 5.74) is 2.68. The lowest BCUT2D eigenvalue weighted by molar-refractivity contribution is -0.134. The van der Waals surface area contributed by atoms with Gasteiger partial charge < -0.3 is 9.15 Å². The molecule has 0 bridgehead atoms. The molecule has 0 spiro atoms. The molecule has 122 valence electrons. The van der Waals surface area contributed by atoms with Crippen LogP contribution in [0, 0.1) is 0 Å². The van der Waals surface area contributed by atoms with Gasteiger partial charge in [0.15, 0.2) is 0 Å². The third-order valence-electron chi connectivity index (χ3n) is 4.63. The summed E-state index contributed by atoms with van der Waals surface area (Å²) < 4.78 is 11.0. The molecule has 0 unspecified atom stereocenters. The molecule has 0 aliphatic carbocycles. The Morgan fingerprint density at radius 2 is 2.08 bits per heavy atom. The number of ether oxygens (including phenoxy) is 1. The van der Waals surface area contributed by atoms with Crippen molar-refractivity contribution in [2.24, 2.45) is 0 Å². The molecule has 5 nitrogen and oxygen atoms in total. The van der Waals surface area contributed by atoms with Gasteiger partial charge >= 0.3 is 0 Å². The zero-order chi connectivity index (χ0) is 16.7. The molecule has 1 aromatic heterocycles. The van der Waals surface area contributed by atoms with Crippen LogP contribution in [0.4, 0.5) is 0 Å². The molecule has 1 atom stereocenters. The minimum absolute atomic E-state index is 0.212. The number of nitrogens with one attached hydrogen (secondary N) is 1. The number of hydrogen-bond donors (Lipinski definition) is 1. The number of furan rings is 1. The van der Waals surface area contributed by atoms with Crippen molar-refractivity contribution < 1.29 is 18.7 Å². The summed E-state index contributed by atoms with van der Waals surface area (Å²) in [6, 6.07) is 9.98. The van der Waals surface area contributed by atoms with Crippen LogP contribution in [0.15, 0.2) is 41.0 Å². The fourth-order valence-corrected chi connectivity index (χ4v) is 3.51. The molecular formula is C19H17NO4. The van der Waals surface area contributed by atoms with E-state index in [1.54, 1.807) is 13.4 Å². The summed E-state index contributed by atoms with van der Waals surface area (Å²) in [5, 5.41) is 5.49. The van der Waals surface area contributed by atoms with Gasteiger partial charge in [-0.25, -0.2) is 0 Å². The highest BCUT2D eigenvalue weighted by Gasteiger charge is 2.31. The summed E-state index contributed by atoms with van der Waals surface area (Å²) in [5.74, 6) is -0.823. The number of amides is 2. The van der Waals surface area contributed by atoms with Crippen molar-refractivity contribution in [1.29, 1.82) is 0 Å². The van der Waals surface area contributed by atoms with E-state index in [1.807, 2.05) is 30.3 Å². The first-order valence-corrected chi connectivity index (χ1v) is 7.93. The van der Waals surface area contributed by atoms with Crippen LogP contribution in [0.5, 0.6) is 0 Å². The summed E-state index contributed by atoms with van der Waals surface area (Å²) in [4.78, 5) is 23.7. The Morgan fingerprint density at radius 3 is 2.88 bits per heavy atom. The molecule has 1 aliphatic rings. The second-order valence-corrected chi connectivity index (χ2v) is 6.08. The molecule has 2 amide bonds. The van der Waals surface area contributed by atoms with Crippen molar-refractivity contribution in [2.45, 2.75) is 25.4 Å². The lowest BCUT2D eigenvalue weighted by Crippen LogP contribution is -2.39. The monoisotopic (exact) mass is 323 g/mol. The zero-order valence-corrected chi connectivity index (χ0v) is 13.3. The first-order valence-electron chi connectivity index (χ1n) is 7.93. The Labute approximate surface area is 138 Å². The molecule has 5 heteroatoms. The number of piperidine rings is 1. The lowest BCUT2D eigenvalue weighted by atomic mass is 9.88. The van der Waals surface area contributed by atoms with Crippen molar-refractivity contribution in [2.75, 3.05) is 7.11 Å². The fourth-order valence-electron chi connectivity index (χ4n) is 3.51. The van der Waals surface area contributed by atoms with Crippen molar-refractivity contribution in [3.05, 3.63) is 47.7 Å². The maximum atomic E-state index is 12.3. The largest absolute Gasteiger partial charge is 0.464 e. The first-order chi connectivity index (χ1) is 11.7. The highest BCUT2D eigenvalue weighted by molar-refractivity contribution is 6.11. The normalized spacial score (nSPS) is 18.3. The number of imide groups is 1. The van der Waals surface area contributed by atoms with E-state index in [9.17, 15) is 9.59 Å². The third kappa shape index (κ3) is 2.29. The molecule has 1 N–H and O–H groups in total. The second kappa shape index (κ2) is 5.76. The maximum Gasteiger partial charge on any atom is 0.234 e. The van der Waals surface area contributed by atoms with E-state index < -0.39 is 0 Å². The van der Waals surface area contributed by atoms with Crippen molar-refractivity contribution in [3.8, 4) is 0 Å². The van der Waals surface area contributed by atoms with E-state index in [4.69, 9.17) is 9.15 Å². The van der Waals surface area contributed by atoms with Crippen LogP contribution in [0.3, 0.4) is 0 Å². The summed E-state index contributed by atoms with van der Waals surface area (Å²) in [6.07, 6.45) is 2.50. The number of methoxy groups -OCH3 is 1. The third-order valence-corrected chi connectivity index (χ3v) is 4.63. The van der Waals surface area contributed by atoms with Crippen LogP contribution >= 0.6 is 0 Å². The molecule has 1 saturated heterocycles. The fraction of sp³-hybridized carbons (Fsp3) is 0.263. The van der Waals surface area contributed by atoms with E-state index in [2.05, 4.69) is 5.32 Å². The van der Waals surface area contributed by atoms with Gasteiger partial charge in [0, 0.05) is 24.5 Å². The minimum atomic E-state index is -0.361.